The van der Waals surface area contributed by atoms with Crippen LogP contribution in [0.2, 0.25) is 5.02 Å². The standard InChI is InChI=1S/C15H14ClFN2O/c1-18-15(20)11-4-2-10(3-5-11)9-19-14-7-12(16)6-13(17)8-14/h2-8,19H,9H2,1H3,(H,18,20). The summed E-state index contributed by atoms with van der Waals surface area (Å²) in [6.45, 7) is 0.522. The Balaban J connectivity index is 2.02. The molecule has 5 heteroatoms. The molecule has 0 unspecified atom stereocenters. The van der Waals surface area contributed by atoms with E-state index in [0.29, 0.717) is 22.8 Å². The molecule has 0 saturated heterocycles. The van der Waals surface area contributed by atoms with E-state index in [4.69, 9.17) is 11.6 Å². The van der Waals surface area contributed by atoms with Gasteiger partial charge in [-0.15, -0.1) is 0 Å². The Morgan fingerprint density at radius 2 is 1.90 bits per heavy atom. The van der Waals surface area contributed by atoms with Gasteiger partial charge in [0.1, 0.15) is 5.82 Å². The molecule has 0 spiro atoms. The van der Waals surface area contributed by atoms with E-state index in [1.165, 1.54) is 12.1 Å². The van der Waals surface area contributed by atoms with Crippen molar-refractivity contribution in [3.05, 3.63) is 64.4 Å². The topological polar surface area (TPSA) is 41.1 Å². The van der Waals surface area contributed by atoms with E-state index in [-0.39, 0.29) is 11.7 Å². The van der Waals surface area contributed by atoms with Crippen molar-refractivity contribution in [2.24, 2.45) is 0 Å². The van der Waals surface area contributed by atoms with Crippen molar-refractivity contribution >= 4 is 23.2 Å². The number of anilines is 1. The lowest BCUT2D eigenvalue weighted by atomic mass is 10.1. The highest BCUT2D eigenvalue weighted by Crippen LogP contribution is 2.18. The molecule has 0 radical (unpaired) electrons. The maximum atomic E-state index is 13.2. The van der Waals surface area contributed by atoms with E-state index in [9.17, 15) is 9.18 Å². The second-order valence-electron chi connectivity index (χ2n) is 4.29. The Hall–Kier alpha value is -2.07. The average Bonchev–Trinajstić information content (AvgIpc) is 2.44. The van der Waals surface area contributed by atoms with Gasteiger partial charge in [-0.3, -0.25) is 4.79 Å². The Morgan fingerprint density at radius 1 is 1.20 bits per heavy atom. The molecule has 20 heavy (non-hydrogen) atoms. The number of nitrogens with one attached hydrogen (secondary N) is 2. The van der Waals surface area contributed by atoms with Crippen molar-refractivity contribution in [3.63, 3.8) is 0 Å². The number of carbonyl (C=O) groups is 1. The first-order valence-electron chi connectivity index (χ1n) is 6.09. The van der Waals surface area contributed by atoms with E-state index < -0.39 is 0 Å². The minimum absolute atomic E-state index is 0.124. The molecule has 0 bridgehead atoms. The van der Waals surface area contributed by atoms with Crippen LogP contribution in [0.1, 0.15) is 15.9 Å². The minimum Gasteiger partial charge on any atom is -0.381 e. The first-order chi connectivity index (χ1) is 9.58. The second-order valence-corrected chi connectivity index (χ2v) is 4.72. The zero-order valence-corrected chi connectivity index (χ0v) is 11.7. The molecule has 0 atom stereocenters. The molecule has 2 N–H and O–H groups in total. The van der Waals surface area contributed by atoms with Crippen LogP contribution in [-0.4, -0.2) is 13.0 Å². The summed E-state index contributed by atoms with van der Waals surface area (Å²) < 4.78 is 13.2. The van der Waals surface area contributed by atoms with Gasteiger partial charge in [-0.05, 0) is 35.9 Å². The van der Waals surface area contributed by atoms with Gasteiger partial charge in [-0.1, -0.05) is 23.7 Å². The molecule has 0 aliphatic carbocycles. The van der Waals surface area contributed by atoms with Crippen LogP contribution >= 0.6 is 11.6 Å². The predicted octanol–water partition coefficient (Wildman–Crippen LogP) is 3.45. The van der Waals surface area contributed by atoms with Gasteiger partial charge in [-0.2, -0.15) is 0 Å². The predicted molar refractivity (Wildman–Crippen MR) is 78.6 cm³/mol. The van der Waals surface area contributed by atoms with Crippen molar-refractivity contribution < 1.29 is 9.18 Å². The number of benzene rings is 2. The summed E-state index contributed by atoms with van der Waals surface area (Å²) in [6, 6.07) is 11.5. The van der Waals surface area contributed by atoms with Crippen LogP contribution in [0, 0.1) is 5.82 Å². The maximum absolute atomic E-state index is 13.2. The summed E-state index contributed by atoms with van der Waals surface area (Å²) in [6.07, 6.45) is 0. The molecule has 0 fully saturated rings. The molecule has 0 aliphatic rings. The maximum Gasteiger partial charge on any atom is 0.251 e. The molecule has 1 amide bonds. The molecule has 2 aromatic carbocycles. The molecule has 0 heterocycles. The monoisotopic (exact) mass is 292 g/mol. The zero-order chi connectivity index (χ0) is 14.5. The van der Waals surface area contributed by atoms with Crippen molar-refractivity contribution in [2.75, 3.05) is 12.4 Å². The number of rotatable bonds is 4. The quantitative estimate of drug-likeness (QED) is 0.906. The van der Waals surface area contributed by atoms with E-state index in [1.807, 2.05) is 12.1 Å². The Labute approximate surface area is 121 Å². The van der Waals surface area contributed by atoms with E-state index in [1.54, 1.807) is 25.2 Å². The first-order valence-corrected chi connectivity index (χ1v) is 6.47. The van der Waals surface area contributed by atoms with Crippen LogP contribution in [0.5, 0.6) is 0 Å². The van der Waals surface area contributed by atoms with Crippen LogP contribution in [0.25, 0.3) is 0 Å². The fourth-order valence-corrected chi connectivity index (χ4v) is 2.00. The minimum atomic E-state index is -0.380. The van der Waals surface area contributed by atoms with E-state index in [2.05, 4.69) is 10.6 Å². The Bertz CT molecular complexity index is 594. The van der Waals surface area contributed by atoms with Gasteiger partial charge < -0.3 is 10.6 Å². The smallest absolute Gasteiger partial charge is 0.251 e. The molecular weight excluding hydrogens is 279 g/mol. The van der Waals surface area contributed by atoms with Gasteiger partial charge in [0.25, 0.3) is 5.91 Å². The van der Waals surface area contributed by atoms with Crippen molar-refractivity contribution in [1.82, 2.24) is 5.32 Å². The molecular formula is C15H14ClFN2O. The zero-order valence-electron chi connectivity index (χ0n) is 10.9. The third kappa shape index (κ3) is 3.71. The number of carbonyl (C=O) groups excluding carboxylic acids is 1. The SMILES string of the molecule is CNC(=O)c1ccc(CNc2cc(F)cc(Cl)c2)cc1. The van der Waals surface area contributed by atoms with Gasteiger partial charge in [0.05, 0.1) is 0 Å². The number of hydrogen-bond donors (Lipinski definition) is 2. The fourth-order valence-electron chi connectivity index (χ4n) is 1.78. The van der Waals surface area contributed by atoms with Crippen molar-refractivity contribution in [3.8, 4) is 0 Å². The van der Waals surface area contributed by atoms with Crippen LogP contribution in [0.4, 0.5) is 10.1 Å². The largest absolute Gasteiger partial charge is 0.381 e. The summed E-state index contributed by atoms with van der Waals surface area (Å²) in [7, 11) is 1.59. The Morgan fingerprint density at radius 3 is 2.50 bits per heavy atom. The third-order valence-electron chi connectivity index (χ3n) is 2.80. The molecule has 104 valence electrons. The van der Waals surface area contributed by atoms with Crippen LogP contribution in [-0.2, 0) is 6.54 Å². The summed E-state index contributed by atoms with van der Waals surface area (Å²) in [5.74, 6) is -0.503. The van der Waals surface area contributed by atoms with E-state index in [0.717, 1.165) is 5.56 Å². The highest BCUT2D eigenvalue weighted by molar-refractivity contribution is 6.30. The summed E-state index contributed by atoms with van der Waals surface area (Å²) in [4.78, 5) is 11.4. The lowest BCUT2D eigenvalue weighted by Crippen LogP contribution is -2.17. The average molecular weight is 293 g/mol. The molecule has 0 aromatic heterocycles. The van der Waals surface area contributed by atoms with Gasteiger partial charge >= 0.3 is 0 Å². The van der Waals surface area contributed by atoms with Gasteiger partial charge in [-0.25, -0.2) is 4.39 Å². The molecule has 2 aromatic rings. The van der Waals surface area contributed by atoms with Crippen LogP contribution < -0.4 is 10.6 Å². The second kappa shape index (κ2) is 6.39. The number of hydrogen-bond acceptors (Lipinski definition) is 2. The highest BCUT2D eigenvalue weighted by atomic mass is 35.5. The third-order valence-corrected chi connectivity index (χ3v) is 3.02. The normalized spacial score (nSPS) is 10.2. The number of halogens is 2. The van der Waals surface area contributed by atoms with Crippen LogP contribution in [0.3, 0.4) is 0 Å². The summed E-state index contributed by atoms with van der Waals surface area (Å²) in [5, 5.41) is 5.99. The summed E-state index contributed by atoms with van der Waals surface area (Å²) in [5.41, 5.74) is 2.20. The van der Waals surface area contributed by atoms with Gasteiger partial charge in [0.15, 0.2) is 0 Å². The first kappa shape index (κ1) is 14.3. The molecule has 2 rings (SSSR count). The van der Waals surface area contributed by atoms with Gasteiger partial charge in [0.2, 0.25) is 0 Å². The lowest BCUT2D eigenvalue weighted by molar-refractivity contribution is 0.0963. The molecule has 0 saturated carbocycles. The summed E-state index contributed by atoms with van der Waals surface area (Å²) >= 11 is 5.78. The number of amides is 1. The van der Waals surface area contributed by atoms with Crippen molar-refractivity contribution in [1.29, 1.82) is 0 Å². The molecule has 3 nitrogen and oxygen atoms in total. The van der Waals surface area contributed by atoms with E-state index >= 15 is 0 Å². The highest BCUT2D eigenvalue weighted by Gasteiger charge is 2.03. The fraction of sp³-hybridized carbons (Fsp3) is 0.133. The Kier molecular flexibility index (Phi) is 4.58. The van der Waals surface area contributed by atoms with Crippen molar-refractivity contribution in [2.45, 2.75) is 6.54 Å². The lowest BCUT2D eigenvalue weighted by Gasteiger charge is -2.08. The van der Waals surface area contributed by atoms with Crippen LogP contribution in [0.15, 0.2) is 42.5 Å². The molecule has 0 aliphatic heterocycles. The van der Waals surface area contributed by atoms with Gasteiger partial charge in [0, 0.05) is 29.9 Å².